The van der Waals surface area contributed by atoms with Crippen LogP contribution in [0, 0.1) is 0 Å². The van der Waals surface area contributed by atoms with Gasteiger partial charge in [0.1, 0.15) is 0 Å². The van der Waals surface area contributed by atoms with Crippen molar-refractivity contribution in [2.75, 3.05) is 11.9 Å². The fraction of sp³-hybridized carbons (Fsp3) is 0.417. The van der Waals surface area contributed by atoms with Crippen molar-refractivity contribution >= 4 is 34.1 Å². The first-order chi connectivity index (χ1) is 8.99. The zero-order valence-electron chi connectivity index (χ0n) is 10.4. The van der Waals surface area contributed by atoms with Gasteiger partial charge in [-0.25, -0.2) is 12.8 Å². The van der Waals surface area contributed by atoms with Crippen LogP contribution in [-0.4, -0.2) is 25.3 Å². The van der Waals surface area contributed by atoms with Gasteiger partial charge in [0.15, 0.2) is 10.7 Å². The van der Waals surface area contributed by atoms with Gasteiger partial charge in [0.05, 0.1) is 10.9 Å². The SMILES string of the molecule is CC(=O)Nc1ccc([SH](=O)=O)c([C@@H]2CCCN2Cl)c1. The Morgan fingerprint density at radius 2 is 2.21 bits per heavy atom. The minimum atomic E-state index is -2.68. The molecule has 104 valence electrons. The summed E-state index contributed by atoms with van der Waals surface area (Å²) in [5.41, 5.74) is 1.23. The zero-order chi connectivity index (χ0) is 14.0. The number of hydrogen-bond acceptors (Lipinski definition) is 4. The summed E-state index contributed by atoms with van der Waals surface area (Å²) < 4.78 is 24.2. The summed E-state index contributed by atoms with van der Waals surface area (Å²) in [5, 5.41) is 2.65. The largest absolute Gasteiger partial charge is 0.326 e. The number of benzene rings is 1. The van der Waals surface area contributed by atoms with E-state index in [9.17, 15) is 13.2 Å². The first kappa shape index (κ1) is 14.3. The van der Waals surface area contributed by atoms with Crippen LogP contribution in [0.2, 0.25) is 0 Å². The number of nitrogens with zero attached hydrogens (tertiary/aromatic N) is 1. The molecule has 0 unspecified atom stereocenters. The van der Waals surface area contributed by atoms with Crippen LogP contribution < -0.4 is 5.32 Å². The minimum Gasteiger partial charge on any atom is -0.326 e. The lowest BCUT2D eigenvalue weighted by Gasteiger charge is -2.19. The van der Waals surface area contributed by atoms with Crippen LogP contribution in [0.3, 0.4) is 0 Å². The van der Waals surface area contributed by atoms with Gasteiger partial charge in [0.2, 0.25) is 5.91 Å². The van der Waals surface area contributed by atoms with E-state index in [0.717, 1.165) is 19.4 Å². The third-order valence-corrected chi connectivity index (χ3v) is 4.30. The van der Waals surface area contributed by atoms with Crippen LogP contribution in [0.25, 0.3) is 0 Å². The van der Waals surface area contributed by atoms with Crippen molar-refractivity contribution in [2.45, 2.75) is 30.7 Å². The maximum absolute atomic E-state index is 11.3. The monoisotopic (exact) mass is 302 g/mol. The fourth-order valence-electron chi connectivity index (χ4n) is 2.31. The Labute approximate surface area is 118 Å². The molecular weight excluding hydrogens is 288 g/mol. The van der Waals surface area contributed by atoms with Crippen LogP contribution in [0.15, 0.2) is 23.1 Å². The van der Waals surface area contributed by atoms with Crippen LogP contribution in [0.1, 0.15) is 31.4 Å². The molecule has 0 aromatic heterocycles. The van der Waals surface area contributed by atoms with Crippen LogP contribution in [0.5, 0.6) is 0 Å². The van der Waals surface area contributed by atoms with Crippen LogP contribution in [0.4, 0.5) is 5.69 Å². The predicted molar refractivity (Wildman–Crippen MR) is 73.9 cm³/mol. The third-order valence-electron chi connectivity index (χ3n) is 3.09. The second-order valence-electron chi connectivity index (χ2n) is 4.49. The van der Waals surface area contributed by atoms with E-state index in [0.29, 0.717) is 11.3 Å². The molecule has 1 atom stereocenters. The second-order valence-corrected chi connectivity index (χ2v) is 5.92. The summed E-state index contributed by atoms with van der Waals surface area (Å²) in [6.45, 7) is 2.14. The van der Waals surface area contributed by atoms with E-state index in [1.165, 1.54) is 13.0 Å². The van der Waals surface area contributed by atoms with Crippen molar-refractivity contribution in [3.63, 3.8) is 0 Å². The standard InChI is InChI=1S/C12H15ClN2O3S/c1-8(16)14-9-4-5-12(19(17)18)10(7-9)11-3-2-6-15(11)13/h4-5,7,11,19H,2-3,6H2,1H3,(H,14,16)/t11-/m0/s1. The number of anilines is 1. The molecule has 0 spiro atoms. The number of amides is 1. The Bertz CT molecular complexity index is 566. The van der Waals surface area contributed by atoms with E-state index in [-0.39, 0.29) is 16.8 Å². The van der Waals surface area contributed by atoms with Gasteiger partial charge in [-0.1, -0.05) is 0 Å². The molecule has 0 aliphatic carbocycles. The zero-order valence-corrected chi connectivity index (χ0v) is 12.1. The third kappa shape index (κ3) is 3.26. The topological polar surface area (TPSA) is 66.5 Å². The number of thiol groups is 1. The van der Waals surface area contributed by atoms with Crippen molar-refractivity contribution in [2.24, 2.45) is 0 Å². The summed E-state index contributed by atoms with van der Waals surface area (Å²) in [6, 6.07) is 4.65. The van der Waals surface area contributed by atoms with Gasteiger partial charge < -0.3 is 5.32 Å². The Morgan fingerprint density at radius 1 is 1.47 bits per heavy atom. The molecule has 7 heteroatoms. The van der Waals surface area contributed by atoms with Gasteiger partial charge in [-0.05, 0) is 48.4 Å². The summed E-state index contributed by atoms with van der Waals surface area (Å²) in [6.07, 6.45) is 1.73. The average molecular weight is 303 g/mol. The summed E-state index contributed by atoms with van der Waals surface area (Å²) in [5.74, 6) is -0.195. The molecule has 1 aliphatic rings. The highest BCUT2D eigenvalue weighted by atomic mass is 35.5. The maximum atomic E-state index is 11.3. The smallest absolute Gasteiger partial charge is 0.221 e. The van der Waals surface area contributed by atoms with Gasteiger partial charge in [-0.15, -0.1) is 0 Å². The molecule has 1 aromatic rings. The molecule has 2 rings (SSSR count). The number of halogens is 1. The van der Waals surface area contributed by atoms with Crippen molar-refractivity contribution in [1.29, 1.82) is 0 Å². The number of rotatable bonds is 3. The van der Waals surface area contributed by atoms with Crippen molar-refractivity contribution in [1.82, 2.24) is 4.42 Å². The second kappa shape index (κ2) is 5.90. The Hall–Kier alpha value is -1.11. The number of hydrogen-bond donors (Lipinski definition) is 2. The highest BCUT2D eigenvalue weighted by Crippen LogP contribution is 2.36. The summed E-state index contributed by atoms with van der Waals surface area (Å²) in [7, 11) is -2.68. The van der Waals surface area contributed by atoms with E-state index in [1.54, 1.807) is 16.6 Å². The van der Waals surface area contributed by atoms with Gasteiger partial charge in [-0.3, -0.25) is 4.79 Å². The van der Waals surface area contributed by atoms with Gasteiger partial charge in [0, 0.05) is 19.2 Å². The van der Waals surface area contributed by atoms with E-state index < -0.39 is 10.7 Å². The Kier molecular flexibility index (Phi) is 4.44. The molecule has 1 amide bonds. The normalized spacial score (nSPS) is 19.8. The first-order valence-corrected chi connectivity index (χ1v) is 7.49. The van der Waals surface area contributed by atoms with Crippen molar-refractivity contribution in [3.05, 3.63) is 23.8 Å². The summed E-state index contributed by atoms with van der Waals surface area (Å²) in [4.78, 5) is 11.3. The number of carbonyl (C=O) groups is 1. The molecule has 0 bridgehead atoms. The van der Waals surface area contributed by atoms with E-state index in [1.807, 2.05) is 0 Å². The van der Waals surface area contributed by atoms with E-state index in [4.69, 9.17) is 11.8 Å². The molecule has 1 aromatic carbocycles. The van der Waals surface area contributed by atoms with E-state index >= 15 is 0 Å². The molecule has 5 nitrogen and oxygen atoms in total. The molecule has 1 saturated heterocycles. The minimum absolute atomic E-state index is 0.127. The average Bonchev–Trinajstić information content (AvgIpc) is 2.74. The maximum Gasteiger partial charge on any atom is 0.221 e. The molecule has 1 heterocycles. The van der Waals surface area contributed by atoms with Crippen molar-refractivity contribution in [3.8, 4) is 0 Å². The first-order valence-electron chi connectivity index (χ1n) is 5.97. The fourth-order valence-corrected chi connectivity index (χ4v) is 3.25. The Balaban J connectivity index is 2.44. The molecule has 1 aliphatic heterocycles. The number of carbonyl (C=O) groups excluding carboxylic acids is 1. The van der Waals surface area contributed by atoms with Gasteiger partial charge in [-0.2, -0.15) is 0 Å². The lowest BCUT2D eigenvalue weighted by atomic mass is 10.0. The van der Waals surface area contributed by atoms with Gasteiger partial charge >= 0.3 is 0 Å². The highest BCUT2D eigenvalue weighted by Gasteiger charge is 2.27. The molecule has 1 N–H and O–H groups in total. The molecule has 0 radical (unpaired) electrons. The van der Waals surface area contributed by atoms with Crippen molar-refractivity contribution < 1.29 is 13.2 Å². The molecule has 1 fully saturated rings. The van der Waals surface area contributed by atoms with Gasteiger partial charge in [0.25, 0.3) is 0 Å². The van der Waals surface area contributed by atoms with Crippen LogP contribution >= 0.6 is 11.8 Å². The summed E-state index contributed by atoms with van der Waals surface area (Å²) >= 11 is 6.10. The highest BCUT2D eigenvalue weighted by molar-refractivity contribution is 7.72. The quantitative estimate of drug-likeness (QED) is 0.661. The Morgan fingerprint density at radius 3 is 2.74 bits per heavy atom. The predicted octanol–water partition coefficient (Wildman–Crippen LogP) is 1.91. The van der Waals surface area contributed by atoms with E-state index in [2.05, 4.69) is 5.32 Å². The lowest BCUT2D eigenvalue weighted by molar-refractivity contribution is -0.114. The number of nitrogens with one attached hydrogen (secondary N) is 1. The molecule has 0 saturated carbocycles. The molecular formula is C12H15ClN2O3S. The van der Waals surface area contributed by atoms with Crippen LogP contribution in [-0.2, 0) is 15.5 Å². The molecule has 19 heavy (non-hydrogen) atoms. The lowest BCUT2D eigenvalue weighted by Crippen LogP contribution is -2.14.